The van der Waals surface area contributed by atoms with E-state index in [9.17, 15) is 9.90 Å². The molecule has 0 aromatic heterocycles. The summed E-state index contributed by atoms with van der Waals surface area (Å²) < 4.78 is 0. The summed E-state index contributed by atoms with van der Waals surface area (Å²) in [4.78, 5) is 11.6. The Morgan fingerprint density at radius 1 is 0.867 bits per heavy atom. The molecule has 2 aromatic rings. The lowest BCUT2D eigenvalue weighted by molar-refractivity contribution is 0.104. The summed E-state index contributed by atoms with van der Waals surface area (Å²) >= 11 is 0. The Hall–Kier alpha value is -2.09. The van der Waals surface area contributed by atoms with E-state index in [1.165, 1.54) is 0 Å². The van der Waals surface area contributed by atoms with Crippen LogP contribution in [-0.4, -0.2) is 5.78 Å². The van der Waals surface area contributed by atoms with E-state index in [1.54, 1.807) is 12.1 Å². The summed E-state index contributed by atoms with van der Waals surface area (Å²) in [6.07, 6.45) is 1.16. The molecule has 0 spiro atoms. The standard InChI is InChI=1S/C13H7O2/c14-11-7-12(15)10-6-2-4-8-3-1-5-9(11)13(8)10/h1-7H. The van der Waals surface area contributed by atoms with Gasteiger partial charge in [0.1, 0.15) is 0 Å². The van der Waals surface area contributed by atoms with Gasteiger partial charge < -0.3 is 0 Å². The highest BCUT2D eigenvalue weighted by atomic mass is 16.3. The average Bonchev–Trinajstić information content (AvgIpc) is 2.25. The van der Waals surface area contributed by atoms with Crippen LogP contribution in [0.4, 0.5) is 0 Å². The predicted molar refractivity (Wildman–Crippen MR) is 56.9 cm³/mol. The Morgan fingerprint density at radius 3 is 2.27 bits per heavy atom. The fourth-order valence-corrected chi connectivity index (χ4v) is 2.03. The zero-order chi connectivity index (χ0) is 10.4. The molecule has 1 radical (unpaired) electrons. The summed E-state index contributed by atoms with van der Waals surface area (Å²) in [6, 6.07) is 11.0. The molecule has 0 atom stereocenters. The van der Waals surface area contributed by atoms with Gasteiger partial charge in [-0.25, -0.2) is 0 Å². The van der Waals surface area contributed by atoms with Crippen LogP contribution in [0.25, 0.3) is 16.5 Å². The molecule has 0 N–H and O–H groups in total. The summed E-state index contributed by atoms with van der Waals surface area (Å²) in [5.41, 5.74) is 1.26. The predicted octanol–water partition coefficient (Wildman–Crippen LogP) is 2.81. The van der Waals surface area contributed by atoms with Crippen molar-refractivity contribution < 1.29 is 9.90 Å². The van der Waals surface area contributed by atoms with Gasteiger partial charge in [-0.1, -0.05) is 36.4 Å². The number of benzene rings is 2. The number of hydrogen-bond donors (Lipinski definition) is 0. The second-order valence-electron chi connectivity index (χ2n) is 3.58. The maximum atomic E-state index is 11.6. The minimum absolute atomic E-state index is 0.190. The highest BCUT2D eigenvalue weighted by molar-refractivity contribution is 6.20. The molecule has 0 unspecified atom stereocenters. The summed E-state index contributed by atoms with van der Waals surface area (Å²) in [5.74, 6) is -0.381. The molecule has 0 amide bonds. The molecule has 0 saturated heterocycles. The van der Waals surface area contributed by atoms with Crippen LogP contribution in [0.1, 0.15) is 15.9 Å². The van der Waals surface area contributed by atoms with Gasteiger partial charge >= 0.3 is 0 Å². The quantitative estimate of drug-likeness (QED) is 0.636. The van der Waals surface area contributed by atoms with Crippen molar-refractivity contribution in [1.82, 2.24) is 0 Å². The van der Waals surface area contributed by atoms with Gasteiger partial charge in [-0.15, -0.1) is 0 Å². The fraction of sp³-hybridized carbons (Fsp3) is 0. The topological polar surface area (TPSA) is 37.0 Å². The molecule has 0 saturated carbocycles. The fourth-order valence-electron chi connectivity index (χ4n) is 2.03. The first-order chi connectivity index (χ1) is 7.27. The summed E-state index contributed by atoms with van der Waals surface area (Å²) in [6.45, 7) is 0. The molecule has 2 aromatic carbocycles. The van der Waals surface area contributed by atoms with Crippen LogP contribution in [0.5, 0.6) is 0 Å². The maximum Gasteiger partial charge on any atom is 0.190 e. The van der Waals surface area contributed by atoms with E-state index in [1.807, 2.05) is 24.3 Å². The second kappa shape index (κ2) is 2.70. The van der Waals surface area contributed by atoms with Crippen LogP contribution in [0.15, 0.2) is 42.5 Å². The zero-order valence-corrected chi connectivity index (χ0v) is 7.86. The number of hydrogen-bond acceptors (Lipinski definition) is 1. The van der Waals surface area contributed by atoms with Gasteiger partial charge in [-0.2, -0.15) is 0 Å². The molecule has 1 aliphatic rings. The molecular weight excluding hydrogens is 188 g/mol. The molecule has 2 heteroatoms. The maximum absolute atomic E-state index is 11.6. The van der Waals surface area contributed by atoms with Gasteiger partial charge in [-0.3, -0.25) is 9.90 Å². The molecule has 0 aliphatic heterocycles. The van der Waals surface area contributed by atoms with Crippen molar-refractivity contribution >= 4 is 22.3 Å². The Labute approximate surface area is 86.5 Å². The first kappa shape index (κ1) is 8.24. The third-order valence-corrected chi connectivity index (χ3v) is 2.70. The molecule has 71 valence electrons. The van der Waals surface area contributed by atoms with Gasteiger partial charge in [0.2, 0.25) is 0 Å². The lowest BCUT2D eigenvalue weighted by Crippen LogP contribution is -2.04. The Kier molecular flexibility index (Phi) is 1.48. The van der Waals surface area contributed by atoms with E-state index >= 15 is 0 Å². The monoisotopic (exact) mass is 195 g/mol. The van der Waals surface area contributed by atoms with Crippen molar-refractivity contribution in [1.29, 1.82) is 0 Å². The third kappa shape index (κ3) is 1.02. The number of rotatable bonds is 0. The van der Waals surface area contributed by atoms with Crippen LogP contribution in [0, 0.1) is 0 Å². The number of carbonyl (C=O) groups excluding carboxylic acids is 1. The molecule has 15 heavy (non-hydrogen) atoms. The SMILES string of the molecule is [O]C1=CC(=O)c2cccc3cccc1c23. The molecule has 0 bridgehead atoms. The van der Waals surface area contributed by atoms with E-state index in [2.05, 4.69) is 0 Å². The normalized spacial score (nSPS) is 14.1. The molecular formula is C13H7O2. The van der Waals surface area contributed by atoms with Crippen molar-refractivity contribution in [3.8, 4) is 0 Å². The minimum Gasteiger partial charge on any atom is -0.289 e. The molecule has 3 rings (SSSR count). The molecule has 0 fully saturated rings. The van der Waals surface area contributed by atoms with Gasteiger partial charge in [0.25, 0.3) is 0 Å². The Bertz CT molecular complexity index is 604. The molecule has 0 heterocycles. The largest absolute Gasteiger partial charge is 0.289 e. The van der Waals surface area contributed by atoms with Gasteiger partial charge in [0, 0.05) is 22.6 Å². The van der Waals surface area contributed by atoms with E-state index in [-0.39, 0.29) is 11.5 Å². The lowest BCUT2D eigenvalue weighted by atomic mass is 9.91. The van der Waals surface area contributed by atoms with Crippen LogP contribution in [0.3, 0.4) is 0 Å². The van der Waals surface area contributed by atoms with Crippen LogP contribution in [0.2, 0.25) is 0 Å². The van der Waals surface area contributed by atoms with E-state index in [0.717, 1.165) is 16.8 Å². The summed E-state index contributed by atoms with van der Waals surface area (Å²) in [7, 11) is 0. The zero-order valence-electron chi connectivity index (χ0n) is 7.86. The van der Waals surface area contributed by atoms with E-state index in [4.69, 9.17) is 0 Å². The average molecular weight is 195 g/mol. The van der Waals surface area contributed by atoms with Crippen molar-refractivity contribution in [2.24, 2.45) is 0 Å². The minimum atomic E-state index is -0.190. The van der Waals surface area contributed by atoms with Crippen molar-refractivity contribution in [2.75, 3.05) is 0 Å². The van der Waals surface area contributed by atoms with Crippen molar-refractivity contribution in [2.45, 2.75) is 0 Å². The van der Waals surface area contributed by atoms with Crippen LogP contribution in [-0.2, 0) is 5.11 Å². The smallest absolute Gasteiger partial charge is 0.190 e. The first-order valence-electron chi connectivity index (χ1n) is 4.72. The van der Waals surface area contributed by atoms with Crippen molar-refractivity contribution in [3.05, 3.63) is 53.6 Å². The van der Waals surface area contributed by atoms with Crippen LogP contribution >= 0.6 is 0 Å². The summed E-state index contributed by atoms with van der Waals surface area (Å²) in [5, 5.41) is 13.3. The Balaban J connectivity index is 2.57. The van der Waals surface area contributed by atoms with Gasteiger partial charge in [-0.05, 0) is 5.39 Å². The lowest BCUT2D eigenvalue weighted by Gasteiger charge is -2.12. The van der Waals surface area contributed by atoms with Gasteiger partial charge in [0.15, 0.2) is 11.5 Å². The third-order valence-electron chi connectivity index (χ3n) is 2.70. The number of allylic oxidation sites excluding steroid dienone is 1. The highest BCUT2D eigenvalue weighted by Crippen LogP contribution is 2.31. The second-order valence-corrected chi connectivity index (χ2v) is 3.58. The number of carbonyl (C=O) groups is 1. The molecule has 1 aliphatic carbocycles. The Morgan fingerprint density at radius 2 is 1.53 bits per heavy atom. The molecule has 2 nitrogen and oxygen atoms in total. The first-order valence-corrected chi connectivity index (χ1v) is 4.72. The van der Waals surface area contributed by atoms with Gasteiger partial charge in [0.05, 0.1) is 0 Å². The van der Waals surface area contributed by atoms with Crippen molar-refractivity contribution in [3.63, 3.8) is 0 Å². The van der Waals surface area contributed by atoms with E-state index < -0.39 is 0 Å². The van der Waals surface area contributed by atoms with E-state index in [0.29, 0.717) is 11.1 Å². The highest BCUT2D eigenvalue weighted by Gasteiger charge is 2.20. The van der Waals surface area contributed by atoms with Crippen LogP contribution < -0.4 is 0 Å². The number of ketones is 1.